The Morgan fingerprint density at radius 3 is 2.75 bits per heavy atom. The van der Waals surface area contributed by atoms with E-state index < -0.39 is 5.97 Å². The Bertz CT molecular complexity index is 482. The highest BCUT2D eigenvalue weighted by atomic mass is 16.5. The van der Waals surface area contributed by atoms with Crippen molar-refractivity contribution < 1.29 is 9.53 Å². The van der Waals surface area contributed by atoms with E-state index in [4.69, 9.17) is 4.74 Å². The van der Waals surface area contributed by atoms with E-state index in [-0.39, 0.29) is 0 Å². The Hall–Kier alpha value is -2.09. The van der Waals surface area contributed by atoms with Gasteiger partial charge in [-0.3, -0.25) is 0 Å². The average molecular weight is 212 g/mol. The van der Waals surface area contributed by atoms with Crippen LogP contribution >= 0.6 is 0 Å². The van der Waals surface area contributed by atoms with Gasteiger partial charge in [-0.15, -0.1) is 0 Å². The summed E-state index contributed by atoms with van der Waals surface area (Å²) in [5.41, 5.74) is 2.19. The number of hydrogen-bond acceptors (Lipinski definition) is 2. The maximum Gasteiger partial charge on any atom is 0.335 e. The molecule has 0 amide bonds. The molecular formula is C14H12O2. The summed E-state index contributed by atoms with van der Waals surface area (Å²) in [6.07, 6.45) is 10.3. The van der Waals surface area contributed by atoms with E-state index in [1.54, 1.807) is 6.07 Å². The number of fused-ring (bicyclic) bond motifs is 1. The number of hydrogen-bond donors (Lipinski definition) is 0. The van der Waals surface area contributed by atoms with Crippen molar-refractivity contribution in [1.82, 2.24) is 0 Å². The summed E-state index contributed by atoms with van der Waals surface area (Å²) in [5, 5.41) is 0. The van der Waals surface area contributed by atoms with Crippen LogP contribution in [0.2, 0.25) is 0 Å². The fourth-order valence-corrected chi connectivity index (χ4v) is 1.54. The zero-order chi connectivity index (χ0) is 11.4. The monoisotopic (exact) mass is 212 g/mol. The Morgan fingerprint density at radius 1 is 1.25 bits per heavy atom. The summed E-state index contributed by atoms with van der Waals surface area (Å²) in [6, 6.07) is 5.57. The van der Waals surface area contributed by atoms with Gasteiger partial charge in [-0.2, -0.15) is 0 Å². The van der Waals surface area contributed by atoms with Crippen LogP contribution in [0.4, 0.5) is 0 Å². The molecule has 0 bridgehead atoms. The van der Waals surface area contributed by atoms with Gasteiger partial charge in [-0.05, 0) is 29.7 Å². The first-order valence-electron chi connectivity index (χ1n) is 5.11. The van der Waals surface area contributed by atoms with Crippen molar-refractivity contribution in [2.24, 2.45) is 0 Å². The first-order chi connectivity index (χ1) is 7.79. The topological polar surface area (TPSA) is 26.3 Å². The van der Waals surface area contributed by atoms with E-state index in [2.05, 4.69) is 24.8 Å². The van der Waals surface area contributed by atoms with E-state index in [0.717, 1.165) is 23.6 Å². The number of ether oxygens (including phenoxy) is 1. The minimum atomic E-state index is -0.437. The number of benzene rings is 1. The average Bonchev–Trinajstić information content (AvgIpc) is 2.53. The molecule has 0 saturated carbocycles. The summed E-state index contributed by atoms with van der Waals surface area (Å²) >= 11 is 0. The van der Waals surface area contributed by atoms with Gasteiger partial charge in [0.2, 0.25) is 0 Å². The van der Waals surface area contributed by atoms with E-state index in [1.807, 2.05) is 18.2 Å². The number of carbonyl (C=O) groups is 1. The maximum absolute atomic E-state index is 11.0. The lowest BCUT2D eigenvalue weighted by molar-refractivity contribution is -0.128. The van der Waals surface area contributed by atoms with Gasteiger partial charge in [0, 0.05) is 6.08 Å². The highest BCUT2D eigenvalue weighted by Crippen LogP contribution is 2.22. The molecule has 0 spiro atoms. The molecule has 0 saturated heterocycles. The number of rotatable bonds is 2. The maximum atomic E-state index is 11.0. The van der Waals surface area contributed by atoms with Crippen LogP contribution in [0.15, 0.2) is 43.0 Å². The lowest BCUT2D eigenvalue weighted by atomic mass is 10.1. The fourth-order valence-electron chi connectivity index (χ4n) is 1.54. The minimum absolute atomic E-state index is 0.437. The number of esters is 1. The molecule has 1 aliphatic rings. The Labute approximate surface area is 94.6 Å². The van der Waals surface area contributed by atoms with Gasteiger partial charge in [0.25, 0.3) is 0 Å². The molecule has 16 heavy (non-hydrogen) atoms. The van der Waals surface area contributed by atoms with Crippen LogP contribution in [0.25, 0.3) is 12.2 Å². The third-order valence-corrected chi connectivity index (χ3v) is 2.31. The molecule has 1 aliphatic carbocycles. The van der Waals surface area contributed by atoms with Gasteiger partial charge in [0.15, 0.2) is 0 Å². The fraction of sp³-hybridized carbons (Fsp3) is 0.0714. The second kappa shape index (κ2) is 4.62. The normalized spacial score (nSPS) is 12.8. The molecule has 80 valence electrons. The highest BCUT2D eigenvalue weighted by molar-refractivity contribution is 5.83. The van der Waals surface area contributed by atoms with Gasteiger partial charge in [-0.25, -0.2) is 4.79 Å². The minimum Gasteiger partial charge on any atom is -0.423 e. The molecule has 0 heterocycles. The summed E-state index contributed by atoms with van der Waals surface area (Å²) in [5.74, 6) is 0.108. The molecule has 0 N–H and O–H groups in total. The molecule has 0 radical (unpaired) electrons. The molecule has 0 fully saturated rings. The Balaban J connectivity index is 2.31. The van der Waals surface area contributed by atoms with E-state index >= 15 is 0 Å². The number of carbonyl (C=O) groups excluding carboxylic acids is 1. The first-order valence-corrected chi connectivity index (χ1v) is 5.11. The molecule has 2 heteroatoms. The lowest BCUT2D eigenvalue weighted by Crippen LogP contribution is -2.03. The second-order valence-corrected chi connectivity index (χ2v) is 3.46. The largest absolute Gasteiger partial charge is 0.423 e. The van der Waals surface area contributed by atoms with Gasteiger partial charge < -0.3 is 4.74 Å². The molecule has 0 aliphatic heterocycles. The molecule has 0 aromatic heterocycles. The van der Waals surface area contributed by atoms with Crippen LogP contribution in [0.3, 0.4) is 0 Å². The molecule has 2 rings (SSSR count). The predicted molar refractivity (Wildman–Crippen MR) is 65.0 cm³/mol. The molecule has 1 aromatic carbocycles. The van der Waals surface area contributed by atoms with Crippen LogP contribution in [0.5, 0.6) is 5.75 Å². The Morgan fingerprint density at radius 2 is 2.00 bits per heavy atom. The molecule has 1 aromatic rings. The third kappa shape index (κ3) is 2.28. The van der Waals surface area contributed by atoms with Crippen molar-refractivity contribution >= 4 is 18.1 Å². The van der Waals surface area contributed by atoms with Crippen molar-refractivity contribution in [3.63, 3.8) is 0 Å². The van der Waals surface area contributed by atoms with Crippen LogP contribution in [-0.2, 0) is 4.79 Å². The van der Waals surface area contributed by atoms with Crippen molar-refractivity contribution in [3.8, 4) is 5.75 Å². The SMILES string of the molecule is C=CC(=O)Oc1ccc2c(c1)C=CCC=C2. The van der Waals surface area contributed by atoms with Crippen LogP contribution in [0.1, 0.15) is 17.5 Å². The van der Waals surface area contributed by atoms with Gasteiger partial charge >= 0.3 is 5.97 Å². The summed E-state index contributed by atoms with van der Waals surface area (Å²) in [4.78, 5) is 11.0. The molecule has 2 nitrogen and oxygen atoms in total. The smallest absolute Gasteiger partial charge is 0.335 e. The van der Waals surface area contributed by atoms with Crippen LogP contribution < -0.4 is 4.74 Å². The second-order valence-electron chi connectivity index (χ2n) is 3.46. The first kappa shape index (κ1) is 10.4. The van der Waals surface area contributed by atoms with Crippen molar-refractivity contribution in [2.45, 2.75) is 6.42 Å². The van der Waals surface area contributed by atoms with Crippen molar-refractivity contribution in [1.29, 1.82) is 0 Å². The lowest BCUT2D eigenvalue weighted by Gasteiger charge is -2.05. The zero-order valence-corrected chi connectivity index (χ0v) is 8.85. The summed E-state index contributed by atoms with van der Waals surface area (Å²) < 4.78 is 5.06. The number of allylic oxidation sites excluding steroid dienone is 2. The van der Waals surface area contributed by atoms with Gasteiger partial charge in [0.05, 0.1) is 0 Å². The van der Waals surface area contributed by atoms with E-state index in [9.17, 15) is 4.79 Å². The van der Waals surface area contributed by atoms with Crippen LogP contribution in [0, 0.1) is 0 Å². The van der Waals surface area contributed by atoms with Crippen LogP contribution in [-0.4, -0.2) is 5.97 Å². The predicted octanol–water partition coefficient (Wildman–Crippen LogP) is 3.21. The van der Waals surface area contributed by atoms with E-state index in [1.165, 1.54) is 0 Å². The molecule has 0 atom stereocenters. The summed E-state index contributed by atoms with van der Waals surface area (Å²) in [6.45, 7) is 3.36. The standard InChI is InChI=1S/C14H12O2/c1-2-14(15)16-13-9-8-11-6-4-3-5-7-12(11)10-13/h2,4-10H,1,3H2. The van der Waals surface area contributed by atoms with Crippen molar-refractivity contribution in [2.75, 3.05) is 0 Å². The Kier molecular flexibility index (Phi) is 3.01. The van der Waals surface area contributed by atoms with Gasteiger partial charge in [-0.1, -0.05) is 36.9 Å². The van der Waals surface area contributed by atoms with Gasteiger partial charge in [0.1, 0.15) is 5.75 Å². The quantitative estimate of drug-likeness (QED) is 0.427. The molecular weight excluding hydrogens is 200 g/mol. The van der Waals surface area contributed by atoms with E-state index in [0.29, 0.717) is 5.75 Å². The highest BCUT2D eigenvalue weighted by Gasteiger charge is 2.04. The molecule has 0 unspecified atom stereocenters. The summed E-state index contributed by atoms with van der Waals surface area (Å²) in [7, 11) is 0. The van der Waals surface area contributed by atoms with Crippen molar-refractivity contribution in [3.05, 3.63) is 54.1 Å². The third-order valence-electron chi connectivity index (χ3n) is 2.31. The zero-order valence-electron chi connectivity index (χ0n) is 8.85.